The first-order valence-corrected chi connectivity index (χ1v) is 10.6. The van der Waals surface area contributed by atoms with Gasteiger partial charge in [0.15, 0.2) is 0 Å². The number of morpholine rings is 1. The summed E-state index contributed by atoms with van der Waals surface area (Å²) < 4.78 is 5.39. The number of halogens is 1. The predicted molar refractivity (Wildman–Crippen MR) is 106 cm³/mol. The minimum atomic E-state index is 0.160. The van der Waals surface area contributed by atoms with Crippen LogP contribution in [0.15, 0.2) is 18.3 Å². The summed E-state index contributed by atoms with van der Waals surface area (Å²) in [6.45, 7) is 6.93. The fourth-order valence-electron chi connectivity index (χ4n) is 4.60. The Hall–Kier alpha value is -1.37. The Balaban J connectivity index is 1.30. The SMILES string of the molecule is O=C(C1CCCN(C2CCN(c3ccc(Cl)cn3)CC2)C1)N1CCOCC1. The van der Waals surface area contributed by atoms with Gasteiger partial charge in [0, 0.05) is 45.0 Å². The highest BCUT2D eigenvalue weighted by Crippen LogP contribution is 2.27. The molecule has 3 saturated heterocycles. The Morgan fingerprint density at radius 3 is 2.56 bits per heavy atom. The Labute approximate surface area is 166 Å². The molecule has 4 rings (SSSR count). The monoisotopic (exact) mass is 392 g/mol. The molecule has 0 spiro atoms. The summed E-state index contributed by atoms with van der Waals surface area (Å²) in [4.78, 5) is 24.2. The molecular formula is C20H29ClN4O2. The van der Waals surface area contributed by atoms with Crippen molar-refractivity contribution in [2.24, 2.45) is 5.92 Å². The summed E-state index contributed by atoms with van der Waals surface area (Å²) in [6, 6.07) is 4.48. The number of anilines is 1. The number of amides is 1. The number of hydrogen-bond acceptors (Lipinski definition) is 5. The Morgan fingerprint density at radius 2 is 1.85 bits per heavy atom. The van der Waals surface area contributed by atoms with E-state index in [0.717, 1.165) is 70.8 Å². The first-order chi connectivity index (χ1) is 13.2. The molecule has 3 aliphatic rings. The Morgan fingerprint density at radius 1 is 1.07 bits per heavy atom. The molecule has 3 aliphatic heterocycles. The van der Waals surface area contributed by atoms with Gasteiger partial charge in [0.1, 0.15) is 5.82 Å². The average molecular weight is 393 g/mol. The van der Waals surface area contributed by atoms with Crippen molar-refractivity contribution >= 4 is 23.3 Å². The fraction of sp³-hybridized carbons (Fsp3) is 0.700. The van der Waals surface area contributed by atoms with Crippen LogP contribution in [0.5, 0.6) is 0 Å². The van der Waals surface area contributed by atoms with Crippen molar-refractivity contribution in [1.82, 2.24) is 14.8 Å². The van der Waals surface area contributed by atoms with Crippen LogP contribution in [-0.2, 0) is 9.53 Å². The molecule has 1 unspecified atom stereocenters. The zero-order valence-electron chi connectivity index (χ0n) is 15.9. The number of hydrogen-bond donors (Lipinski definition) is 0. The second-order valence-electron chi connectivity index (χ2n) is 7.82. The fourth-order valence-corrected chi connectivity index (χ4v) is 4.71. The summed E-state index contributed by atoms with van der Waals surface area (Å²) in [7, 11) is 0. The maximum atomic E-state index is 12.9. The summed E-state index contributed by atoms with van der Waals surface area (Å²) >= 11 is 5.94. The number of aromatic nitrogens is 1. The highest BCUT2D eigenvalue weighted by molar-refractivity contribution is 6.30. The van der Waals surface area contributed by atoms with E-state index < -0.39 is 0 Å². The molecule has 0 saturated carbocycles. The van der Waals surface area contributed by atoms with Gasteiger partial charge in [-0.1, -0.05) is 11.6 Å². The van der Waals surface area contributed by atoms with Crippen LogP contribution in [0.1, 0.15) is 25.7 Å². The van der Waals surface area contributed by atoms with Crippen LogP contribution in [0.4, 0.5) is 5.82 Å². The molecule has 27 heavy (non-hydrogen) atoms. The van der Waals surface area contributed by atoms with Crippen LogP contribution >= 0.6 is 11.6 Å². The van der Waals surface area contributed by atoms with Gasteiger partial charge in [0.2, 0.25) is 5.91 Å². The molecule has 3 fully saturated rings. The van der Waals surface area contributed by atoms with Crippen molar-refractivity contribution in [3.8, 4) is 0 Å². The van der Waals surface area contributed by atoms with Crippen molar-refractivity contribution in [3.63, 3.8) is 0 Å². The maximum absolute atomic E-state index is 12.9. The molecule has 0 radical (unpaired) electrons. The first-order valence-electron chi connectivity index (χ1n) is 10.2. The van der Waals surface area contributed by atoms with Crippen LogP contribution in [0.3, 0.4) is 0 Å². The second-order valence-corrected chi connectivity index (χ2v) is 8.26. The number of rotatable bonds is 3. The molecule has 0 bridgehead atoms. The number of likely N-dealkylation sites (tertiary alicyclic amines) is 1. The molecule has 6 nitrogen and oxygen atoms in total. The van der Waals surface area contributed by atoms with Gasteiger partial charge in [0.25, 0.3) is 0 Å². The lowest BCUT2D eigenvalue weighted by atomic mass is 9.92. The zero-order chi connectivity index (χ0) is 18.6. The summed E-state index contributed by atoms with van der Waals surface area (Å²) in [5, 5.41) is 0.679. The minimum Gasteiger partial charge on any atom is -0.378 e. The van der Waals surface area contributed by atoms with Gasteiger partial charge in [-0.05, 0) is 44.4 Å². The standard InChI is InChI=1S/C20H29ClN4O2/c21-17-3-4-19(22-14-17)23-8-5-18(6-9-23)25-7-1-2-16(15-25)20(26)24-10-12-27-13-11-24/h3-4,14,16,18H,1-2,5-13,15H2. The Kier molecular flexibility index (Phi) is 6.15. The maximum Gasteiger partial charge on any atom is 0.227 e. The lowest BCUT2D eigenvalue weighted by Crippen LogP contribution is -2.52. The normalized spacial score (nSPS) is 25.6. The average Bonchev–Trinajstić information content (AvgIpc) is 2.75. The summed E-state index contributed by atoms with van der Waals surface area (Å²) in [6.07, 6.45) is 6.13. The number of carbonyl (C=O) groups is 1. The van der Waals surface area contributed by atoms with Crippen molar-refractivity contribution in [1.29, 1.82) is 0 Å². The molecule has 1 aromatic heterocycles. The van der Waals surface area contributed by atoms with Gasteiger partial charge in [-0.15, -0.1) is 0 Å². The molecule has 7 heteroatoms. The van der Waals surface area contributed by atoms with Crippen molar-refractivity contribution in [2.45, 2.75) is 31.7 Å². The Bertz CT molecular complexity index is 627. The molecule has 0 N–H and O–H groups in total. The van der Waals surface area contributed by atoms with Crippen molar-refractivity contribution in [2.75, 3.05) is 57.4 Å². The van der Waals surface area contributed by atoms with E-state index in [9.17, 15) is 4.79 Å². The third-order valence-corrected chi connectivity index (χ3v) is 6.37. The van der Waals surface area contributed by atoms with E-state index >= 15 is 0 Å². The van der Waals surface area contributed by atoms with Gasteiger partial charge < -0.3 is 14.5 Å². The molecule has 1 amide bonds. The number of nitrogens with zero attached hydrogens (tertiary/aromatic N) is 4. The van der Waals surface area contributed by atoms with Gasteiger partial charge >= 0.3 is 0 Å². The van der Waals surface area contributed by atoms with Gasteiger partial charge in [-0.3, -0.25) is 9.69 Å². The molecule has 148 valence electrons. The van der Waals surface area contributed by atoms with E-state index in [-0.39, 0.29) is 5.92 Å². The first kappa shape index (κ1) is 19.0. The molecular weight excluding hydrogens is 364 g/mol. The van der Waals surface area contributed by atoms with E-state index in [1.165, 1.54) is 0 Å². The predicted octanol–water partition coefficient (Wildman–Crippen LogP) is 2.27. The number of piperidine rings is 2. The van der Waals surface area contributed by atoms with Crippen molar-refractivity contribution < 1.29 is 9.53 Å². The van der Waals surface area contributed by atoms with Gasteiger partial charge in [-0.2, -0.15) is 0 Å². The highest BCUT2D eigenvalue weighted by atomic mass is 35.5. The molecule has 4 heterocycles. The highest BCUT2D eigenvalue weighted by Gasteiger charge is 2.34. The van der Waals surface area contributed by atoms with Crippen molar-refractivity contribution in [3.05, 3.63) is 23.4 Å². The zero-order valence-corrected chi connectivity index (χ0v) is 16.6. The topological polar surface area (TPSA) is 48.9 Å². The molecule has 0 aliphatic carbocycles. The summed E-state index contributed by atoms with van der Waals surface area (Å²) in [5.41, 5.74) is 0. The van der Waals surface area contributed by atoms with Crippen LogP contribution in [0.25, 0.3) is 0 Å². The van der Waals surface area contributed by atoms with Crippen LogP contribution in [0, 0.1) is 5.92 Å². The molecule has 1 aromatic rings. The third kappa shape index (κ3) is 4.55. The van der Waals surface area contributed by atoms with Crippen LogP contribution in [0.2, 0.25) is 5.02 Å². The number of ether oxygens (including phenoxy) is 1. The lowest BCUT2D eigenvalue weighted by Gasteiger charge is -2.43. The van der Waals surface area contributed by atoms with Crippen LogP contribution < -0.4 is 4.90 Å². The van der Waals surface area contributed by atoms with Gasteiger partial charge in [-0.25, -0.2) is 4.98 Å². The lowest BCUT2D eigenvalue weighted by molar-refractivity contribution is -0.141. The van der Waals surface area contributed by atoms with E-state index in [0.29, 0.717) is 30.2 Å². The smallest absolute Gasteiger partial charge is 0.227 e. The number of pyridine rings is 1. The molecule has 0 aromatic carbocycles. The van der Waals surface area contributed by atoms with Gasteiger partial charge in [0.05, 0.1) is 24.2 Å². The largest absolute Gasteiger partial charge is 0.378 e. The van der Waals surface area contributed by atoms with E-state index in [4.69, 9.17) is 16.3 Å². The second kappa shape index (κ2) is 8.76. The minimum absolute atomic E-state index is 0.160. The van der Waals surface area contributed by atoms with E-state index in [1.54, 1.807) is 6.20 Å². The van der Waals surface area contributed by atoms with E-state index in [2.05, 4.69) is 14.8 Å². The summed E-state index contributed by atoms with van der Waals surface area (Å²) in [5.74, 6) is 1.51. The molecule has 1 atom stereocenters. The van der Waals surface area contributed by atoms with Crippen LogP contribution in [-0.4, -0.2) is 79.2 Å². The van der Waals surface area contributed by atoms with E-state index in [1.807, 2.05) is 17.0 Å². The number of carbonyl (C=O) groups excluding carboxylic acids is 1. The quantitative estimate of drug-likeness (QED) is 0.789. The third-order valence-electron chi connectivity index (χ3n) is 6.14.